The summed E-state index contributed by atoms with van der Waals surface area (Å²) in [7, 11) is 0. The Morgan fingerprint density at radius 1 is 1.37 bits per heavy atom. The number of rotatable bonds is 9. The second-order valence-electron chi connectivity index (χ2n) is 6.68. The van der Waals surface area contributed by atoms with Gasteiger partial charge in [-0.05, 0) is 30.2 Å². The van der Waals surface area contributed by atoms with E-state index in [0.717, 1.165) is 12.8 Å². The highest BCUT2D eigenvalue weighted by molar-refractivity contribution is 6.30. The van der Waals surface area contributed by atoms with Crippen LogP contribution in [0.4, 0.5) is 5.82 Å². The number of ether oxygens (including phenoxy) is 1. The molecule has 0 aliphatic heterocycles. The van der Waals surface area contributed by atoms with E-state index in [0.29, 0.717) is 28.6 Å². The van der Waals surface area contributed by atoms with Crippen LogP contribution >= 0.6 is 11.6 Å². The summed E-state index contributed by atoms with van der Waals surface area (Å²) in [5, 5.41) is 13.0. The number of anilines is 1. The largest absolute Gasteiger partial charge is 0.488 e. The molecule has 9 heteroatoms. The summed E-state index contributed by atoms with van der Waals surface area (Å²) in [4.78, 5) is 20.9. The predicted molar refractivity (Wildman–Crippen MR) is 115 cm³/mol. The van der Waals surface area contributed by atoms with E-state index in [4.69, 9.17) is 22.1 Å². The molecule has 30 heavy (non-hydrogen) atoms. The zero-order chi connectivity index (χ0) is 21.5. The average molecular weight is 430 g/mol. The Labute approximate surface area is 179 Å². The van der Waals surface area contributed by atoms with Crippen LogP contribution in [0.25, 0.3) is 5.69 Å². The average Bonchev–Trinajstić information content (AvgIpc) is 3.23. The molecule has 0 fully saturated rings. The van der Waals surface area contributed by atoms with Crippen molar-refractivity contribution in [1.82, 2.24) is 19.9 Å². The number of hydrogen-bond acceptors (Lipinski definition) is 6. The second kappa shape index (κ2) is 10.1. The number of nitrogen functional groups attached to an aromatic ring is 1. The summed E-state index contributed by atoms with van der Waals surface area (Å²) >= 11 is 6.01. The lowest BCUT2D eigenvalue weighted by Crippen LogP contribution is -2.31. The molecule has 3 aromatic rings. The van der Waals surface area contributed by atoms with E-state index in [-0.39, 0.29) is 18.1 Å². The van der Waals surface area contributed by atoms with E-state index in [1.165, 1.54) is 6.33 Å². The van der Waals surface area contributed by atoms with Gasteiger partial charge in [0, 0.05) is 17.4 Å². The minimum Gasteiger partial charge on any atom is -0.488 e. The topological polar surface area (TPSA) is 115 Å². The molecule has 1 unspecified atom stereocenters. The monoisotopic (exact) mass is 429 g/mol. The van der Waals surface area contributed by atoms with Crippen LogP contribution in [0.5, 0.6) is 5.75 Å². The Balaban J connectivity index is 1.79. The maximum atomic E-state index is 12.7. The number of carbonyl (C=O) groups is 1. The molecule has 0 aliphatic rings. The van der Waals surface area contributed by atoms with Gasteiger partial charge in [0.15, 0.2) is 11.6 Å². The van der Waals surface area contributed by atoms with Gasteiger partial charge in [-0.1, -0.05) is 37.1 Å². The molecule has 0 saturated carbocycles. The lowest BCUT2D eigenvalue weighted by molar-refractivity contribution is 0.0911. The lowest BCUT2D eigenvalue weighted by atomic mass is 10.1. The van der Waals surface area contributed by atoms with E-state index in [2.05, 4.69) is 22.2 Å². The van der Waals surface area contributed by atoms with Crippen molar-refractivity contribution in [2.75, 3.05) is 18.9 Å². The van der Waals surface area contributed by atoms with Gasteiger partial charge in [-0.15, -0.1) is 0 Å². The smallest absolute Gasteiger partial charge is 0.272 e. The Bertz CT molecular complexity index is 1010. The highest BCUT2D eigenvalue weighted by Crippen LogP contribution is 2.28. The number of imidazole rings is 1. The molecule has 0 aliphatic carbocycles. The van der Waals surface area contributed by atoms with Crippen LogP contribution in [0, 0.1) is 0 Å². The van der Waals surface area contributed by atoms with Crippen LogP contribution < -0.4 is 15.8 Å². The van der Waals surface area contributed by atoms with Crippen LogP contribution in [0.3, 0.4) is 0 Å². The summed E-state index contributed by atoms with van der Waals surface area (Å²) in [6.45, 7) is 2.31. The van der Waals surface area contributed by atoms with E-state index in [9.17, 15) is 9.90 Å². The zero-order valence-electron chi connectivity index (χ0n) is 16.6. The van der Waals surface area contributed by atoms with Crippen LogP contribution in [0.2, 0.25) is 5.02 Å². The molecule has 0 spiro atoms. The number of benzene rings is 1. The third-order valence-corrected chi connectivity index (χ3v) is 4.72. The number of nitrogens with two attached hydrogens (primary N) is 1. The number of halogens is 1. The summed E-state index contributed by atoms with van der Waals surface area (Å²) in [6.07, 6.45) is 6.52. The molecule has 1 amide bonds. The van der Waals surface area contributed by atoms with Crippen LogP contribution in [0.1, 0.15) is 41.9 Å². The predicted octanol–water partition coefficient (Wildman–Crippen LogP) is 3.15. The molecule has 1 atom stereocenters. The van der Waals surface area contributed by atoms with E-state index in [1.54, 1.807) is 47.3 Å². The number of unbranched alkanes of at least 4 members (excludes halogenated alkanes) is 1. The highest BCUT2D eigenvalue weighted by Gasteiger charge is 2.19. The minimum atomic E-state index is -0.606. The zero-order valence-corrected chi connectivity index (χ0v) is 17.3. The van der Waals surface area contributed by atoms with Gasteiger partial charge in [0.25, 0.3) is 5.91 Å². The molecule has 3 rings (SSSR count). The summed E-state index contributed by atoms with van der Waals surface area (Å²) in [6, 6.07) is 8.10. The van der Waals surface area contributed by atoms with Gasteiger partial charge in [-0.3, -0.25) is 4.79 Å². The molecule has 8 nitrogen and oxygen atoms in total. The maximum Gasteiger partial charge on any atom is 0.272 e. The number of nitrogens with one attached hydrogen (secondary N) is 1. The van der Waals surface area contributed by atoms with Crippen LogP contribution in [-0.4, -0.2) is 38.8 Å². The Morgan fingerprint density at radius 3 is 2.93 bits per heavy atom. The normalized spacial score (nSPS) is 11.8. The first-order valence-corrected chi connectivity index (χ1v) is 10.00. The Morgan fingerprint density at radius 2 is 2.20 bits per heavy atom. The molecule has 2 heterocycles. The number of carbonyl (C=O) groups excluding carboxylic acids is 1. The fourth-order valence-electron chi connectivity index (χ4n) is 2.89. The summed E-state index contributed by atoms with van der Waals surface area (Å²) < 4.78 is 7.46. The minimum absolute atomic E-state index is 0.186. The first kappa shape index (κ1) is 21.6. The molecule has 0 radical (unpaired) electrons. The van der Waals surface area contributed by atoms with Gasteiger partial charge in [0.2, 0.25) is 0 Å². The van der Waals surface area contributed by atoms with Gasteiger partial charge >= 0.3 is 0 Å². The molecule has 4 N–H and O–H groups in total. The quantitative estimate of drug-likeness (QED) is 0.450. The summed E-state index contributed by atoms with van der Waals surface area (Å²) in [5.41, 5.74) is 7.50. The van der Waals surface area contributed by atoms with Gasteiger partial charge in [-0.25, -0.2) is 9.97 Å². The first-order valence-electron chi connectivity index (χ1n) is 9.62. The fraction of sp³-hybridized carbons (Fsp3) is 0.286. The third kappa shape index (κ3) is 5.08. The fourth-order valence-corrected chi connectivity index (χ4v) is 3.08. The van der Waals surface area contributed by atoms with Crippen molar-refractivity contribution in [1.29, 1.82) is 0 Å². The number of aromatic nitrogens is 3. The van der Waals surface area contributed by atoms with Gasteiger partial charge in [-0.2, -0.15) is 0 Å². The van der Waals surface area contributed by atoms with Gasteiger partial charge in [0.05, 0.1) is 24.9 Å². The van der Waals surface area contributed by atoms with Crippen molar-refractivity contribution < 1.29 is 14.6 Å². The van der Waals surface area contributed by atoms with E-state index < -0.39 is 11.9 Å². The number of aliphatic hydroxyl groups excluding tert-OH is 1. The number of nitrogens with zero attached hydrogens (tertiary/aromatic N) is 3. The van der Waals surface area contributed by atoms with Crippen molar-refractivity contribution in [2.45, 2.75) is 25.8 Å². The summed E-state index contributed by atoms with van der Waals surface area (Å²) in [5.74, 6) is 0.287. The lowest BCUT2D eigenvalue weighted by Gasteiger charge is -2.16. The Hall–Kier alpha value is -3.10. The maximum absolute atomic E-state index is 12.7. The van der Waals surface area contributed by atoms with E-state index in [1.807, 2.05) is 0 Å². The molecule has 0 bridgehead atoms. The molecule has 0 saturated heterocycles. The number of hydrogen-bond donors (Lipinski definition) is 3. The number of amides is 1. The van der Waals surface area contributed by atoms with Crippen molar-refractivity contribution in [3.05, 3.63) is 65.3 Å². The SMILES string of the molecule is CCCCOc1c(-n2cnc(C(=O)NC(CO)c3cccc(Cl)c3)c2)ccnc1N. The molecule has 158 valence electrons. The van der Waals surface area contributed by atoms with E-state index >= 15 is 0 Å². The molecular weight excluding hydrogens is 406 g/mol. The van der Waals surface area contributed by atoms with Crippen LogP contribution in [-0.2, 0) is 0 Å². The standard InChI is InChI=1S/C21H24ClN5O3/c1-2-3-9-30-19-18(7-8-24-20(19)23)27-11-16(25-13-27)21(29)26-17(12-28)14-5-4-6-15(22)10-14/h4-8,10-11,13,17,28H,2-3,9,12H2,1H3,(H2,23,24)(H,26,29). The highest BCUT2D eigenvalue weighted by atomic mass is 35.5. The molecule has 2 aromatic heterocycles. The number of pyridine rings is 1. The Kier molecular flexibility index (Phi) is 7.26. The van der Waals surface area contributed by atoms with Crippen molar-refractivity contribution in [3.8, 4) is 11.4 Å². The van der Waals surface area contributed by atoms with Crippen molar-refractivity contribution >= 4 is 23.3 Å². The third-order valence-electron chi connectivity index (χ3n) is 4.49. The second-order valence-corrected chi connectivity index (χ2v) is 7.11. The van der Waals surface area contributed by atoms with Gasteiger partial charge in [0.1, 0.15) is 12.0 Å². The van der Waals surface area contributed by atoms with Crippen LogP contribution in [0.15, 0.2) is 49.1 Å². The van der Waals surface area contributed by atoms with Crippen molar-refractivity contribution in [3.63, 3.8) is 0 Å². The first-order chi connectivity index (χ1) is 14.5. The molecular formula is C21H24ClN5O3. The molecule has 1 aromatic carbocycles. The number of aliphatic hydroxyl groups is 1. The van der Waals surface area contributed by atoms with Gasteiger partial charge < -0.3 is 25.5 Å². The van der Waals surface area contributed by atoms with Crippen molar-refractivity contribution in [2.24, 2.45) is 0 Å².